The smallest absolute Gasteiger partial charge is 0.358 e. The van der Waals surface area contributed by atoms with E-state index in [9.17, 15) is 14.4 Å². The van der Waals surface area contributed by atoms with Crippen LogP contribution in [0.25, 0.3) is 0 Å². The van der Waals surface area contributed by atoms with Crippen molar-refractivity contribution in [3.63, 3.8) is 0 Å². The fourth-order valence-electron chi connectivity index (χ4n) is 5.44. The molecule has 0 bridgehead atoms. The second kappa shape index (κ2) is 17.7. The molecular weight excluding hydrogens is 637 g/mol. The Labute approximate surface area is 292 Å². The van der Waals surface area contributed by atoms with Crippen LogP contribution >= 0.6 is 11.3 Å². The van der Waals surface area contributed by atoms with E-state index < -0.39 is 41.5 Å². The molecule has 0 radical (unpaired) electrons. The zero-order chi connectivity index (χ0) is 35.4. The van der Waals surface area contributed by atoms with Gasteiger partial charge in [-0.2, -0.15) is 0 Å². The van der Waals surface area contributed by atoms with Crippen molar-refractivity contribution in [1.82, 2.24) is 15.6 Å². The standard InChI is InChI=1S/C39H46N4O5S/c1-6-23-47-38(46)32-25-49-37(42-32)34(26(3)4)43-35(44)31(41-36(45)33(40)27(5)7-2)24-48-39(28-17-11-8-12-18-28,29-19-13-9-14-20-29)30-21-15-10-16-22-30/h6,8-22,25-27,31,33-34H,1,7,23-24,40H2,2-5H3,(H,41,45)(H,43,44)/t27-,31-,33-,34+/m0/s1. The third-order valence-electron chi connectivity index (χ3n) is 8.49. The molecule has 0 saturated heterocycles. The highest BCUT2D eigenvalue weighted by Crippen LogP contribution is 2.40. The summed E-state index contributed by atoms with van der Waals surface area (Å²) in [5.41, 5.74) is 7.92. The van der Waals surface area contributed by atoms with Crippen LogP contribution < -0.4 is 16.4 Å². The molecule has 0 aliphatic heterocycles. The van der Waals surface area contributed by atoms with Crippen LogP contribution in [0.3, 0.4) is 0 Å². The first-order valence-electron chi connectivity index (χ1n) is 16.5. The maximum absolute atomic E-state index is 14.3. The SMILES string of the molecule is C=CCOC(=O)c1csc([C@H](NC(=O)[C@H](COC(c2ccccc2)(c2ccccc2)c2ccccc2)NC(=O)[C@@H](N)[C@@H](C)CC)C(C)C)n1. The molecule has 0 aliphatic rings. The molecule has 4 aromatic rings. The Morgan fingerprint density at radius 3 is 1.88 bits per heavy atom. The van der Waals surface area contributed by atoms with Crippen LogP contribution in [0.2, 0.25) is 0 Å². The lowest BCUT2D eigenvalue weighted by Crippen LogP contribution is -2.56. The number of nitrogens with one attached hydrogen (secondary N) is 2. The Balaban J connectivity index is 1.72. The van der Waals surface area contributed by atoms with Crippen LogP contribution in [0, 0.1) is 11.8 Å². The van der Waals surface area contributed by atoms with Crippen LogP contribution in [0.5, 0.6) is 0 Å². The molecule has 2 amide bonds. The molecule has 0 unspecified atom stereocenters. The Morgan fingerprint density at radius 2 is 1.41 bits per heavy atom. The molecule has 9 nitrogen and oxygen atoms in total. The predicted octanol–water partition coefficient (Wildman–Crippen LogP) is 6.17. The van der Waals surface area contributed by atoms with E-state index in [2.05, 4.69) is 22.2 Å². The number of amides is 2. The number of carbonyl (C=O) groups excluding carboxylic acids is 3. The van der Waals surface area contributed by atoms with Gasteiger partial charge in [0.2, 0.25) is 11.8 Å². The van der Waals surface area contributed by atoms with Gasteiger partial charge >= 0.3 is 5.97 Å². The van der Waals surface area contributed by atoms with Gasteiger partial charge in [-0.25, -0.2) is 9.78 Å². The number of esters is 1. The first-order chi connectivity index (χ1) is 23.6. The van der Waals surface area contributed by atoms with E-state index in [0.717, 1.165) is 16.7 Å². The Hall–Kier alpha value is -4.64. The minimum Gasteiger partial charge on any atom is -0.457 e. The van der Waals surface area contributed by atoms with E-state index in [-0.39, 0.29) is 30.7 Å². The largest absolute Gasteiger partial charge is 0.457 e. The van der Waals surface area contributed by atoms with Crippen LogP contribution in [0.4, 0.5) is 0 Å². The summed E-state index contributed by atoms with van der Waals surface area (Å²) in [6.45, 7) is 11.2. The molecule has 10 heteroatoms. The molecule has 0 spiro atoms. The van der Waals surface area contributed by atoms with Gasteiger partial charge < -0.3 is 25.8 Å². The summed E-state index contributed by atoms with van der Waals surface area (Å²) in [7, 11) is 0. The summed E-state index contributed by atoms with van der Waals surface area (Å²) in [6.07, 6.45) is 2.17. The minimum atomic E-state index is -1.13. The van der Waals surface area contributed by atoms with Crippen molar-refractivity contribution in [3.05, 3.63) is 136 Å². The van der Waals surface area contributed by atoms with Crippen molar-refractivity contribution >= 4 is 29.1 Å². The fraction of sp³-hybridized carbons (Fsp3) is 0.333. The van der Waals surface area contributed by atoms with Crippen molar-refractivity contribution in [2.75, 3.05) is 13.2 Å². The highest BCUT2D eigenvalue weighted by atomic mass is 32.1. The van der Waals surface area contributed by atoms with Crippen molar-refractivity contribution in [3.8, 4) is 0 Å². The number of thiazole rings is 1. The van der Waals surface area contributed by atoms with Gasteiger partial charge in [-0.1, -0.05) is 138 Å². The van der Waals surface area contributed by atoms with E-state index in [1.54, 1.807) is 5.38 Å². The van der Waals surface area contributed by atoms with Crippen molar-refractivity contribution in [2.45, 2.75) is 57.8 Å². The summed E-state index contributed by atoms with van der Waals surface area (Å²) in [4.78, 5) is 44.7. The Kier molecular flexibility index (Phi) is 13.4. The fourth-order valence-corrected chi connectivity index (χ4v) is 6.45. The Morgan fingerprint density at radius 1 is 0.878 bits per heavy atom. The molecule has 1 aromatic heterocycles. The van der Waals surface area contributed by atoms with Crippen LogP contribution in [-0.2, 0) is 24.7 Å². The monoisotopic (exact) mass is 682 g/mol. The summed E-state index contributed by atoms with van der Waals surface area (Å²) in [5.74, 6) is -1.72. The zero-order valence-electron chi connectivity index (χ0n) is 28.5. The lowest BCUT2D eigenvalue weighted by molar-refractivity contribution is -0.133. The van der Waals surface area contributed by atoms with E-state index in [1.165, 1.54) is 17.4 Å². The number of benzene rings is 3. The Bertz CT molecular complexity index is 1570. The van der Waals surface area contributed by atoms with Gasteiger partial charge in [0.05, 0.1) is 18.7 Å². The molecule has 4 N–H and O–H groups in total. The number of aromatic nitrogens is 1. The number of ether oxygens (including phenoxy) is 2. The van der Waals surface area contributed by atoms with E-state index >= 15 is 0 Å². The number of carbonyl (C=O) groups is 3. The van der Waals surface area contributed by atoms with Crippen LogP contribution in [0.15, 0.2) is 109 Å². The molecule has 258 valence electrons. The highest BCUT2D eigenvalue weighted by molar-refractivity contribution is 7.09. The van der Waals surface area contributed by atoms with Crippen molar-refractivity contribution in [2.24, 2.45) is 17.6 Å². The van der Waals surface area contributed by atoms with Crippen molar-refractivity contribution in [1.29, 1.82) is 0 Å². The normalized spacial score (nSPS) is 13.9. The summed E-state index contributed by atoms with van der Waals surface area (Å²) >= 11 is 1.25. The molecule has 1 heterocycles. The van der Waals surface area contributed by atoms with E-state index in [0.29, 0.717) is 11.4 Å². The number of hydrogen-bond donors (Lipinski definition) is 3. The van der Waals surface area contributed by atoms with Crippen molar-refractivity contribution < 1.29 is 23.9 Å². The zero-order valence-corrected chi connectivity index (χ0v) is 29.3. The molecule has 3 aromatic carbocycles. The number of rotatable bonds is 17. The van der Waals surface area contributed by atoms with Crippen LogP contribution in [0.1, 0.15) is 72.3 Å². The van der Waals surface area contributed by atoms with E-state index in [4.69, 9.17) is 15.2 Å². The van der Waals surface area contributed by atoms with Gasteiger partial charge in [-0.15, -0.1) is 11.3 Å². The lowest BCUT2D eigenvalue weighted by atomic mass is 9.80. The number of nitrogens with zero attached hydrogens (tertiary/aromatic N) is 1. The molecule has 0 fully saturated rings. The van der Waals surface area contributed by atoms with Gasteiger partial charge in [-0.3, -0.25) is 9.59 Å². The van der Waals surface area contributed by atoms with Gasteiger partial charge in [-0.05, 0) is 28.5 Å². The first kappa shape index (κ1) is 37.2. The quantitative estimate of drug-likeness (QED) is 0.0690. The highest BCUT2D eigenvalue weighted by Gasteiger charge is 2.40. The molecule has 4 atom stereocenters. The molecule has 0 saturated carbocycles. The second-order valence-corrected chi connectivity index (χ2v) is 13.1. The molecular formula is C39H46N4O5S. The third kappa shape index (κ3) is 9.08. The van der Waals surface area contributed by atoms with Gasteiger partial charge in [0.15, 0.2) is 5.69 Å². The summed E-state index contributed by atoms with van der Waals surface area (Å²) in [6, 6.07) is 26.9. The summed E-state index contributed by atoms with van der Waals surface area (Å²) < 4.78 is 12.1. The van der Waals surface area contributed by atoms with E-state index in [1.807, 2.05) is 119 Å². The van der Waals surface area contributed by atoms with Gasteiger partial charge in [0.25, 0.3) is 0 Å². The predicted molar refractivity (Wildman–Crippen MR) is 193 cm³/mol. The maximum Gasteiger partial charge on any atom is 0.358 e. The number of nitrogens with two attached hydrogens (primary N) is 1. The summed E-state index contributed by atoms with van der Waals surface area (Å²) in [5, 5.41) is 8.11. The second-order valence-electron chi connectivity index (χ2n) is 12.3. The van der Waals surface area contributed by atoms with Crippen LogP contribution in [-0.4, -0.2) is 48.1 Å². The topological polar surface area (TPSA) is 133 Å². The number of hydrogen-bond acceptors (Lipinski definition) is 8. The molecule has 49 heavy (non-hydrogen) atoms. The van der Waals surface area contributed by atoms with Gasteiger partial charge in [0.1, 0.15) is 23.3 Å². The third-order valence-corrected chi connectivity index (χ3v) is 9.42. The molecule has 0 aliphatic carbocycles. The van der Waals surface area contributed by atoms with Gasteiger partial charge in [0, 0.05) is 5.38 Å². The molecule has 4 rings (SSSR count). The first-order valence-corrected chi connectivity index (χ1v) is 17.4. The average Bonchev–Trinajstić information content (AvgIpc) is 3.63. The maximum atomic E-state index is 14.3. The minimum absolute atomic E-state index is 0.0621. The lowest BCUT2D eigenvalue weighted by Gasteiger charge is -2.37. The average molecular weight is 683 g/mol.